The van der Waals surface area contributed by atoms with Crippen LogP contribution in [0.5, 0.6) is 0 Å². The Hall–Kier alpha value is -5.46. The summed E-state index contributed by atoms with van der Waals surface area (Å²) in [6, 6.07) is 0. The van der Waals surface area contributed by atoms with Crippen molar-refractivity contribution >= 4 is 30.7 Å². The summed E-state index contributed by atoms with van der Waals surface area (Å²) < 4.78 is 9.04. The first-order chi connectivity index (χ1) is 22.2. The minimum absolute atomic E-state index is 0. The Bertz CT molecular complexity index is 1330. The number of esters is 2. The molecular weight excluding hydrogens is 608 g/mol. The highest BCUT2D eigenvalue weighted by Crippen LogP contribution is 2.02. The first-order valence-electron chi connectivity index (χ1n) is 14.3. The minimum atomic E-state index is -0.310. The summed E-state index contributed by atoms with van der Waals surface area (Å²) in [5, 5.41) is 0. The molecule has 0 aliphatic heterocycles. The normalized spacial score (nSPS) is 12.3. The van der Waals surface area contributed by atoms with E-state index in [9.17, 15) is 19.2 Å². The summed E-state index contributed by atoms with van der Waals surface area (Å²) in [7, 11) is 2.73. The average Bonchev–Trinajstić information content (AvgIpc) is 3.04. The predicted molar refractivity (Wildman–Crippen MR) is 197 cm³/mol. The number of carbonyl (C=O) groups is 4. The molecule has 0 aliphatic rings. The highest BCUT2D eigenvalue weighted by Gasteiger charge is 2.00. The van der Waals surface area contributed by atoms with E-state index >= 15 is 0 Å². The molecule has 8 heteroatoms. The van der Waals surface area contributed by atoms with E-state index in [1.807, 2.05) is 37.3 Å². The van der Waals surface area contributed by atoms with Crippen molar-refractivity contribution in [3.05, 3.63) is 143 Å². The molecule has 0 rings (SSSR count). The second kappa shape index (κ2) is 37.7. The van der Waals surface area contributed by atoms with Crippen molar-refractivity contribution in [3.63, 3.8) is 0 Å². The largest absolute Gasteiger partial charge is 0.466 e. The van der Waals surface area contributed by atoms with Crippen molar-refractivity contribution in [1.29, 1.82) is 0 Å². The zero-order valence-corrected chi connectivity index (χ0v) is 29.4. The lowest BCUT2D eigenvalue weighted by molar-refractivity contribution is -0.191. The monoisotopic (exact) mass is 662 g/mol. The van der Waals surface area contributed by atoms with Crippen LogP contribution in [-0.2, 0) is 38.2 Å². The lowest BCUT2D eigenvalue weighted by atomic mass is 10.2. The molecule has 0 fully saturated rings. The van der Waals surface area contributed by atoms with Gasteiger partial charge in [-0.25, -0.2) is 9.59 Å². The summed E-state index contributed by atoms with van der Waals surface area (Å²) in [6.45, 7) is 18.5. The fraction of sp³-hybridized carbons (Fsp3) is 0.275. The fourth-order valence-corrected chi connectivity index (χ4v) is 2.39. The van der Waals surface area contributed by atoms with Crippen LogP contribution in [0.2, 0.25) is 0 Å². The molecule has 262 valence electrons. The molecular formula is C40H54O8. The van der Waals surface area contributed by atoms with Crippen LogP contribution in [-0.4, -0.2) is 44.9 Å². The Morgan fingerprint density at radius 2 is 0.833 bits per heavy atom. The maximum absolute atomic E-state index is 11.2. The molecule has 0 spiro atoms. The van der Waals surface area contributed by atoms with Gasteiger partial charge in [0.05, 0.1) is 14.2 Å². The Labute approximate surface area is 288 Å². The van der Waals surface area contributed by atoms with Gasteiger partial charge in [-0.15, -0.1) is 0 Å². The van der Waals surface area contributed by atoms with Crippen molar-refractivity contribution < 1.29 is 38.2 Å². The second-order valence-electron chi connectivity index (χ2n) is 9.61. The molecule has 0 saturated carbocycles. The van der Waals surface area contributed by atoms with Crippen molar-refractivity contribution in [2.75, 3.05) is 14.2 Å². The molecule has 0 bridgehead atoms. The molecule has 0 saturated heterocycles. The molecule has 0 heterocycles. The zero-order valence-electron chi connectivity index (χ0n) is 29.4. The number of aldehydes is 2. The Morgan fingerprint density at radius 1 is 0.521 bits per heavy atom. The molecule has 48 heavy (non-hydrogen) atoms. The minimum Gasteiger partial charge on any atom is -0.466 e. The van der Waals surface area contributed by atoms with Crippen LogP contribution in [0.4, 0.5) is 0 Å². The van der Waals surface area contributed by atoms with Gasteiger partial charge in [0.25, 0.3) is 0 Å². The van der Waals surface area contributed by atoms with Gasteiger partial charge in [-0.1, -0.05) is 128 Å². The van der Waals surface area contributed by atoms with Crippen molar-refractivity contribution in [3.8, 4) is 0 Å². The summed E-state index contributed by atoms with van der Waals surface area (Å²) >= 11 is 0. The van der Waals surface area contributed by atoms with Crippen LogP contribution in [0.25, 0.3) is 0 Å². The summed E-state index contributed by atoms with van der Waals surface area (Å²) in [4.78, 5) is 58.3. The van der Waals surface area contributed by atoms with Gasteiger partial charge >= 0.3 is 18.1 Å². The lowest BCUT2D eigenvalue weighted by Gasteiger charge is -1.95. The number of carbonyl (C=O) groups excluding carboxylic acids is 6. The van der Waals surface area contributed by atoms with Crippen LogP contribution in [0.3, 0.4) is 0 Å². The Balaban J connectivity index is -0.000000206. The maximum atomic E-state index is 11.2. The smallest absolute Gasteiger partial charge is 0.373 e. The van der Waals surface area contributed by atoms with E-state index in [-0.39, 0.29) is 25.5 Å². The van der Waals surface area contributed by atoms with E-state index in [1.54, 1.807) is 70.2 Å². The maximum Gasteiger partial charge on any atom is 0.373 e. The van der Waals surface area contributed by atoms with Gasteiger partial charge < -0.3 is 9.47 Å². The SMILES string of the molecule is C.C=C/C=C(\C)C(=O)OC.COC(=O)/C(C)=C/C=C/C(C)=C/C=C/C=C(C)/C=C/C=C(C)C.C\C(C=O)=C/C=C/C=C(\C)C=O.O=C=O. The van der Waals surface area contributed by atoms with Gasteiger partial charge in [0.15, 0.2) is 0 Å². The van der Waals surface area contributed by atoms with E-state index in [1.165, 1.54) is 25.4 Å². The summed E-state index contributed by atoms with van der Waals surface area (Å²) in [5.74, 6) is -0.618. The molecule has 0 aromatic rings. The average molecular weight is 663 g/mol. The number of methoxy groups -OCH3 is 2. The van der Waals surface area contributed by atoms with Crippen LogP contribution in [0.15, 0.2) is 143 Å². The van der Waals surface area contributed by atoms with Gasteiger partial charge in [0.1, 0.15) is 12.6 Å². The Kier molecular flexibility index (Phi) is 40.9. The molecule has 0 atom stereocenters. The first-order valence-corrected chi connectivity index (χ1v) is 14.3. The van der Waals surface area contributed by atoms with Gasteiger partial charge in [-0.3, -0.25) is 9.59 Å². The highest BCUT2D eigenvalue weighted by molar-refractivity contribution is 5.88. The van der Waals surface area contributed by atoms with Crippen molar-refractivity contribution in [2.24, 2.45) is 0 Å². The quantitative estimate of drug-likeness (QED) is 0.0830. The number of rotatable bonds is 13. The van der Waals surface area contributed by atoms with Gasteiger partial charge in [0, 0.05) is 11.1 Å². The van der Waals surface area contributed by atoms with E-state index in [2.05, 4.69) is 61.1 Å². The second-order valence-corrected chi connectivity index (χ2v) is 9.61. The summed E-state index contributed by atoms with van der Waals surface area (Å²) in [5.41, 5.74) is 6.03. The van der Waals surface area contributed by atoms with Crippen LogP contribution < -0.4 is 0 Å². The molecule has 8 nitrogen and oxygen atoms in total. The molecule has 0 aromatic heterocycles. The zero-order chi connectivity index (χ0) is 37.0. The molecule has 0 aromatic carbocycles. The van der Waals surface area contributed by atoms with Gasteiger partial charge in [-0.05, 0) is 66.5 Å². The predicted octanol–water partition coefficient (Wildman–Crippen LogP) is 8.81. The van der Waals surface area contributed by atoms with Gasteiger partial charge in [-0.2, -0.15) is 9.59 Å². The molecule has 0 unspecified atom stereocenters. The third kappa shape index (κ3) is 40.5. The van der Waals surface area contributed by atoms with Crippen LogP contribution in [0.1, 0.15) is 62.8 Å². The number of allylic oxidation sites excluding steroid dienone is 21. The number of ether oxygens (including phenoxy) is 2. The highest BCUT2D eigenvalue weighted by atomic mass is 16.5. The van der Waals surface area contributed by atoms with Crippen molar-refractivity contribution in [1.82, 2.24) is 0 Å². The van der Waals surface area contributed by atoms with E-state index in [0.717, 1.165) is 18.1 Å². The number of hydrogen-bond acceptors (Lipinski definition) is 8. The fourth-order valence-electron chi connectivity index (χ4n) is 2.39. The van der Waals surface area contributed by atoms with E-state index in [4.69, 9.17) is 9.59 Å². The Morgan fingerprint density at radius 3 is 1.12 bits per heavy atom. The van der Waals surface area contributed by atoms with E-state index < -0.39 is 0 Å². The molecule has 0 N–H and O–H groups in total. The third-order valence-corrected chi connectivity index (χ3v) is 4.91. The van der Waals surface area contributed by atoms with Crippen LogP contribution >= 0.6 is 0 Å². The first kappa shape index (κ1) is 52.1. The molecule has 0 amide bonds. The number of hydrogen-bond donors (Lipinski definition) is 0. The van der Waals surface area contributed by atoms with Gasteiger partial charge in [0.2, 0.25) is 0 Å². The molecule has 0 aliphatic carbocycles. The van der Waals surface area contributed by atoms with Crippen molar-refractivity contribution in [2.45, 2.75) is 62.8 Å². The lowest BCUT2D eigenvalue weighted by Crippen LogP contribution is -2.00. The third-order valence-electron chi connectivity index (χ3n) is 4.91. The molecule has 0 radical (unpaired) electrons. The topological polar surface area (TPSA) is 121 Å². The van der Waals surface area contributed by atoms with Crippen LogP contribution in [0, 0.1) is 0 Å². The summed E-state index contributed by atoms with van der Waals surface area (Å²) in [6.07, 6.45) is 31.6. The standard InChI is InChI=1S/C21H28O2.C10H12O2.C7H10O2.CO2.CH4/c1-17(2)11-9-14-18(3)12-7-8-13-19(4)15-10-16-20(5)21(22)23-6;1-9(7-11)5-3-4-6-10(2)8-12;1-4-5-6(2)7(8)9-3;2-1-3;/h7-16H,1-6H3;3-8H,1-2H3;4-5H,1H2,2-3H3;;1H4/b8-7+,14-9+,15-10+,18-12+,19-13+,20-16+;4-3+,9-5+,10-6+;6-5+;;. The van der Waals surface area contributed by atoms with E-state index in [0.29, 0.717) is 22.3 Å².